The van der Waals surface area contributed by atoms with E-state index >= 15 is 0 Å². The molecule has 0 aromatic heterocycles. The number of ether oxygens (including phenoxy) is 2. The lowest BCUT2D eigenvalue weighted by atomic mass is 10.1. The summed E-state index contributed by atoms with van der Waals surface area (Å²) in [6, 6.07) is 9.04. The minimum atomic E-state index is 0.0823. The number of rotatable bonds is 8. The molecule has 2 rings (SSSR count). The smallest absolute Gasteiger partial charge is 0.0954 e. The van der Waals surface area contributed by atoms with Crippen molar-refractivity contribution < 1.29 is 9.47 Å². The van der Waals surface area contributed by atoms with E-state index in [2.05, 4.69) is 45.5 Å². The van der Waals surface area contributed by atoms with Gasteiger partial charge < -0.3 is 14.8 Å². The summed E-state index contributed by atoms with van der Waals surface area (Å²) in [7, 11) is 1.71. The van der Waals surface area contributed by atoms with Crippen LogP contribution in [0.1, 0.15) is 31.4 Å². The van der Waals surface area contributed by atoms with E-state index in [4.69, 9.17) is 9.47 Å². The summed E-state index contributed by atoms with van der Waals surface area (Å²) < 4.78 is 12.3. The van der Waals surface area contributed by atoms with Gasteiger partial charge in [-0.05, 0) is 37.5 Å². The molecule has 19 heavy (non-hydrogen) atoms. The fraction of sp³-hybridized carbons (Fsp3) is 0.600. The lowest BCUT2D eigenvalue weighted by molar-refractivity contribution is -0.0395. The number of hydrogen-bond donors (Lipinski definition) is 1. The fourth-order valence-electron chi connectivity index (χ4n) is 2.04. The lowest BCUT2D eigenvalue weighted by Crippen LogP contribution is -2.28. The van der Waals surface area contributed by atoms with Gasteiger partial charge in [0.15, 0.2) is 0 Å². The van der Waals surface area contributed by atoms with E-state index in [0.29, 0.717) is 12.6 Å². The predicted octanol–water partition coefficient (Wildman–Crippen LogP) is 3.29. The summed E-state index contributed by atoms with van der Waals surface area (Å²) >= 11 is 3.47. The molecule has 0 radical (unpaired) electrons. The highest BCUT2D eigenvalue weighted by Gasteiger charge is 2.23. The highest BCUT2D eigenvalue weighted by molar-refractivity contribution is 9.10. The first-order chi connectivity index (χ1) is 9.19. The van der Waals surface area contributed by atoms with Crippen LogP contribution in [0.25, 0.3) is 0 Å². The molecular formula is C15H22BrNO2. The van der Waals surface area contributed by atoms with Crippen molar-refractivity contribution in [3.63, 3.8) is 0 Å². The fourth-order valence-corrected chi connectivity index (χ4v) is 2.30. The minimum Gasteiger partial charge on any atom is -0.382 e. The molecule has 1 aromatic carbocycles. The molecule has 0 amide bonds. The largest absolute Gasteiger partial charge is 0.382 e. The topological polar surface area (TPSA) is 30.5 Å². The second-order valence-corrected chi connectivity index (χ2v) is 6.04. The highest BCUT2D eigenvalue weighted by Crippen LogP contribution is 2.24. The molecule has 0 aliphatic heterocycles. The summed E-state index contributed by atoms with van der Waals surface area (Å²) in [5.41, 5.74) is 1.21. The van der Waals surface area contributed by atoms with Crippen molar-refractivity contribution in [2.45, 2.75) is 38.0 Å². The van der Waals surface area contributed by atoms with Crippen LogP contribution in [0.5, 0.6) is 0 Å². The van der Waals surface area contributed by atoms with Gasteiger partial charge in [-0.1, -0.05) is 28.1 Å². The van der Waals surface area contributed by atoms with E-state index in [-0.39, 0.29) is 12.2 Å². The van der Waals surface area contributed by atoms with Gasteiger partial charge in [0.05, 0.1) is 18.8 Å². The molecule has 1 aromatic rings. The third-order valence-corrected chi connectivity index (χ3v) is 3.74. The molecule has 1 aliphatic rings. The van der Waals surface area contributed by atoms with Crippen LogP contribution in [-0.2, 0) is 9.47 Å². The number of benzene rings is 1. The summed E-state index contributed by atoms with van der Waals surface area (Å²) in [4.78, 5) is 0. The van der Waals surface area contributed by atoms with Crippen molar-refractivity contribution >= 4 is 15.9 Å². The molecule has 1 saturated carbocycles. The molecule has 106 valence electrons. The SMILES string of the molecule is COCC(C)OC(CNC1CC1)c1ccc(Br)cc1. The first-order valence-corrected chi connectivity index (χ1v) is 7.61. The van der Waals surface area contributed by atoms with Gasteiger partial charge in [-0.3, -0.25) is 0 Å². The molecule has 2 atom stereocenters. The average molecular weight is 328 g/mol. The molecule has 0 saturated heterocycles. The first-order valence-electron chi connectivity index (χ1n) is 6.82. The van der Waals surface area contributed by atoms with E-state index in [1.807, 2.05) is 6.92 Å². The van der Waals surface area contributed by atoms with E-state index in [0.717, 1.165) is 11.0 Å². The van der Waals surface area contributed by atoms with Gasteiger partial charge >= 0.3 is 0 Å². The number of hydrogen-bond acceptors (Lipinski definition) is 3. The zero-order chi connectivity index (χ0) is 13.7. The molecule has 0 spiro atoms. The molecule has 2 unspecified atom stereocenters. The van der Waals surface area contributed by atoms with Crippen molar-refractivity contribution in [1.82, 2.24) is 5.32 Å². The highest BCUT2D eigenvalue weighted by atomic mass is 79.9. The van der Waals surface area contributed by atoms with E-state index in [1.54, 1.807) is 7.11 Å². The van der Waals surface area contributed by atoms with Gasteiger partial charge in [-0.15, -0.1) is 0 Å². The van der Waals surface area contributed by atoms with Crippen LogP contribution in [-0.4, -0.2) is 32.4 Å². The number of halogens is 1. The van der Waals surface area contributed by atoms with Crippen LogP contribution in [0.2, 0.25) is 0 Å². The monoisotopic (exact) mass is 327 g/mol. The minimum absolute atomic E-state index is 0.0823. The van der Waals surface area contributed by atoms with Crippen LogP contribution in [0.4, 0.5) is 0 Å². The molecule has 1 aliphatic carbocycles. The Hall–Kier alpha value is -0.420. The summed E-state index contributed by atoms with van der Waals surface area (Å²) in [5.74, 6) is 0. The Labute approximate surface area is 123 Å². The second-order valence-electron chi connectivity index (χ2n) is 5.12. The third kappa shape index (κ3) is 5.22. The molecule has 0 heterocycles. The van der Waals surface area contributed by atoms with Gasteiger partial charge in [0.1, 0.15) is 0 Å². The quantitative estimate of drug-likeness (QED) is 0.794. The maximum atomic E-state index is 6.09. The van der Waals surface area contributed by atoms with Gasteiger partial charge in [0.25, 0.3) is 0 Å². The van der Waals surface area contributed by atoms with Crippen molar-refractivity contribution in [3.8, 4) is 0 Å². The van der Waals surface area contributed by atoms with E-state index < -0.39 is 0 Å². The van der Waals surface area contributed by atoms with Gasteiger partial charge in [-0.2, -0.15) is 0 Å². The summed E-state index contributed by atoms with van der Waals surface area (Å²) in [6.07, 6.45) is 2.76. The Morgan fingerprint density at radius 3 is 2.58 bits per heavy atom. The Bertz CT molecular complexity index is 378. The maximum Gasteiger partial charge on any atom is 0.0954 e. The zero-order valence-electron chi connectivity index (χ0n) is 11.6. The van der Waals surface area contributed by atoms with Crippen molar-refractivity contribution in [2.24, 2.45) is 0 Å². The van der Waals surface area contributed by atoms with Crippen molar-refractivity contribution in [1.29, 1.82) is 0 Å². The summed E-state index contributed by atoms with van der Waals surface area (Å²) in [6.45, 7) is 3.53. The Kier molecular flexibility index (Phi) is 5.82. The summed E-state index contributed by atoms with van der Waals surface area (Å²) in [5, 5.41) is 3.54. The standard InChI is InChI=1S/C15H22BrNO2/c1-11(10-18-2)19-15(9-17-14-7-8-14)12-3-5-13(16)6-4-12/h3-6,11,14-15,17H,7-10H2,1-2H3. The van der Waals surface area contributed by atoms with Crippen molar-refractivity contribution in [2.75, 3.05) is 20.3 Å². The number of methoxy groups -OCH3 is 1. The van der Waals surface area contributed by atoms with Crippen LogP contribution in [0.15, 0.2) is 28.7 Å². The number of nitrogens with one attached hydrogen (secondary N) is 1. The average Bonchev–Trinajstić information content (AvgIpc) is 3.20. The lowest BCUT2D eigenvalue weighted by Gasteiger charge is -2.23. The second kappa shape index (κ2) is 7.39. The Balaban J connectivity index is 1.96. The first kappa shape index (κ1) is 15.0. The molecular weight excluding hydrogens is 306 g/mol. The van der Waals surface area contributed by atoms with Crippen LogP contribution < -0.4 is 5.32 Å². The third-order valence-electron chi connectivity index (χ3n) is 3.21. The molecule has 4 heteroatoms. The maximum absolute atomic E-state index is 6.09. The molecule has 1 N–H and O–H groups in total. The normalized spacial score (nSPS) is 18.3. The van der Waals surface area contributed by atoms with Crippen molar-refractivity contribution in [3.05, 3.63) is 34.3 Å². The zero-order valence-corrected chi connectivity index (χ0v) is 13.2. The predicted molar refractivity (Wildman–Crippen MR) is 80.3 cm³/mol. The Morgan fingerprint density at radius 1 is 1.32 bits per heavy atom. The van der Waals surface area contributed by atoms with Gasteiger partial charge in [0, 0.05) is 24.2 Å². The van der Waals surface area contributed by atoms with Crippen LogP contribution in [0, 0.1) is 0 Å². The van der Waals surface area contributed by atoms with Gasteiger partial charge in [0.2, 0.25) is 0 Å². The Morgan fingerprint density at radius 2 is 2.00 bits per heavy atom. The molecule has 1 fully saturated rings. The molecule has 3 nitrogen and oxygen atoms in total. The van der Waals surface area contributed by atoms with Gasteiger partial charge in [-0.25, -0.2) is 0 Å². The van der Waals surface area contributed by atoms with Crippen LogP contribution >= 0.6 is 15.9 Å². The van der Waals surface area contributed by atoms with E-state index in [9.17, 15) is 0 Å². The molecule has 0 bridgehead atoms. The van der Waals surface area contributed by atoms with E-state index in [1.165, 1.54) is 18.4 Å². The van der Waals surface area contributed by atoms with Crippen LogP contribution in [0.3, 0.4) is 0 Å².